The number of carboxylic acid groups (broad SMARTS) is 1. The maximum absolute atomic E-state index is 10.6. The minimum atomic E-state index is -1.22. The molecular weight excluding hydrogens is 460 g/mol. The number of benzene rings is 1. The monoisotopic (exact) mass is 486 g/mol. The van der Waals surface area contributed by atoms with Gasteiger partial charge in [-0.25, -0.2) is 14.5 Å². The van der Waals surface area contributed by atoms with E-state index in [2.05, 4.69) is 20.1 Å². The molecule has 1 saturated heterocycles. The molecule has 2 fully saturated rings. The molecule has 3 aromatic heterocycles. The molecule has 10 heteroatoms. The van der Waals surface area contributed by atoms with E-state index < -0.39 is 6.16 Å². The van der Waals surface area contributed by atoms with Gasteiger partial charge in [0.2, 0.25) is 5.82 Å². The highest BCUT2D eigenvalue weighted by Crippen LogP contribution is 2.40. The molecule has 0 atom stereocenters. The predicted molar refractivity (Wildman–Crippen MR) is 129 cm³/mol. The second-order valence-electron chi connectivity index (χ2n) is 9.34. The number of hydrogen-bond acceptors (Lipinski definition) is 8. The zero-order valence-electron chi connectivity index (χ0n) is 19.7. The summed E-state index contributed by atoms with van der Waals surface area (Å²) in [4.78, 5) is 22.0. The van der Waals surface area contributed by atoms with Crippen LogP contribution in [-0.4, -0.2) is 60.3 Å². The summed E-state index contributed by atoms with van der Waals surface area (Å²) < 4.78 is 12.4. The lowest BCUT2D eigenvalue weighted by Gasteiger charge is -2.37. The van der Waals surface area contributed by atoms with Gasteiger partial charge in [0.25, 0.3) is 5.89 Å². The SMILES string of the molecule is O=C(O)OC1CN(Cc2ccc(-c3noc(-c4cnn(-c5ccccn5)c4C4CCCC4)n3)cc2)C1. The Hall–Kier alpha value is -4.05. The molecule has 1 aromatic carbocycles. The van der Waals surface area contributed by atoms with Crippen LogP contribution in [0.1, 0.15) is 42.9 Å². The van der Waals surface area contributed by atoms with E-state index in [0.717, 1.165) is 47.6 Å². The van der Waals surface area contributed by atoms with Gasteiger partial charge in [0, 0.05) is 37.3 Å². The third kappa shape index (κ3) is 4.47. The number of hydrogen-bond donors (Lipinski definition) is 1. The van der Waals surface area contributed by atoms with Crippen LogP contribution in [0.5, 0.6) is 0 Å². The number of aromatic nitrogens is 5. The molecule has 36 heavy (non-hydrogen) atoms. The maximum Gasteiger partial charge on any atom is 0.506 e. The summed E-state index contributed by atoms with van der Waals surface area (Å²) in [5.74, 6) is 2.15. The molecule has 184 valence electrons. The van der Waals surface area contributed by atoms with Crippen LogP contribution in [0.3, 0.4) is 0 Å². The Bertz CT molecular complexity index is 1340. The van der Waals surface area contributed by atoms with Crippen LogP contribution in [0.15, 0.2) is 59.4 Å². The van der Waals surface area contributed by atoms with E-state index in [1.54, 1.807) is 12.4 Å². The zero-order chi connectivity index (χ0) is 24.5. The Morgan fingerprint density at radius 1 is 1.11 bits per heavy atom. The summed E-state index contributed by atoms with van der Waals surface area (Å²) in [7, 11) is 0. The van der Waals surface area contributed by atoms with Crippen LogP contribution in [0.2, 0.25) is 0 Å². The molecule has 4 aromatic rings. The lowest BCUT2D eigenvalue weighted by Crippen LogP contribution is -2.52. The summed E-state index contributed by atoms with van der Waals surface area (Å²) in [5.41, 5.74) is 3.93. The summed E-state index contributed by atoms with van der Waals surface area (Å²) in [6.45, 7) is 1.95. The molecule has 0 bridgehead atoms. The van der Waals surface area contributed by atoms with Crippen molar-refractivity contribution in [2.45, 2.75) is 44.2 Å². The number of likely N-dealkylation sites (tertiary alicyclic amines) is 1. The van der Waals surface area contributed by atoms with Gasteiger partial charge in [-0.15, -0.1) is 0 Å². The largest absolute Gasteiger partial charge is 0.506 e. The Morgan fingerprint density at radius 2 is 1.92 bits per heavy atom. The van der Waals surface area contributed by atoms with Crippen molar-refractivity contribution in [1.29, 1.82) is 0 Å². The molecule has 6 rings (SSSR count). The maximum atomic E-state index is 10.6. The molecule has 0 radical (unpaired) electrons. The molecule has 10 nitrogen and oxygen atoms in total. The van der Waals surface area contributed by atoms with E-state index in [1.165, 1.54) is 12.8 Å². The Kier molecular flexibility index (Phi) is 5.94. The highest BCUT2D eigenvalue weighted by molar-refractivity contribution is 5.62. The van der Waals surface area contributed by atoms with E-state index in [0.29, 0.717) is 30.7 Å². The summed E-state index contributed by atoms with van der Waals surface area (Å²) in [5, 5.41) is 17.6. The second kappa shape index (κ2) is 9.54. The minimum absolute atomic E-state index is 0.240. The van der Waals surface area contributed by atoms with E-state index in [4.69, 9.17) is 19.4 Å². The second-order valence-corrected chi connectivity index (χ2v) is 9.34. The molecule has 1 saturated carbocycles. The molecule has 0 unspecified atom stereocenters. The van der Waals surface area contributed by atoms with Crippen molar-refractivity contribution in [2.24, 2.45) is 0 Å². The normalized spacial score (nSPS) is 16.8. The quantitative estimate of drug-likeness (QED) is 0.376. The van der Waals surface area contributed by atoms with Gasteiger partial charge < -0.3 is 14.4 Å². The predicted octanol–water partition coefficient (Wildman–Crippen LogP) is 4.52. The fourth-order valence-corrected chi connectivity index (χ4v) is 5.11. The standard InChI is InChI=1S/C26H26N6O4/c33-26(34)35-20-15-31(16-20)14-17-8-10-19(11-9-17)24-29-25(36-30-24)21-13-28-32(22-7-3-4-12-27-22)23(21)18-5-1-2-6-18/h3-4,7-13,18,20H,1-2,5-6,14-16H2,(H,33,34). The van der Waals surface area contributed by atoms with Crippen LogP contribution >= 0.6 is 0 Å². The van der Waals surface area contributed by atoms with Gasteiger partial charge in [-0.3, -0.25) is 4.90 Å². The van der Waals surface area contributed by atoms with Gasteiger partial charge in [-0.05, 0) is 30.5 Å². The number of carbonyl (C=O) groups is 1. The number of rotatable bonds is 7. The Morgan fingerprint density at radius 3 is 2.64 bits per heavy atom. The average Bonchev–Trinajstić information content (AvgIpc) is 3.63. The van der Waals surface area contributed by atoms with E-state index in [9.17, 15) is 4.79 Å². The Labute approximate surface area is 207 Å². The van der Waals surface area contributed by atoms with Gasteiger partial charge in [0.1, 0.15) is 6.10 Å². The fraction of sp³-hybridized carbons (Fsp3) is 0.346. The van der Waals surface area contributed by atoms with Gasteiger partial charge in [-0.1, -0.05) is 48.3 Å². The summed E-state index contributed by atoms with van der Waals surface area (Å²) in [6, 6.07) is 13.8. The molecule has 0 spiro atoms. The van der Waals surface area contributed by atoms with Gasteiger partial charge in [-0.2, -0.15) is 10.1 Å². The van der Waals surface area contributed by atoms with E-state index in [1.807, 2.05) is 47.1 Å². The summed E-state index contributed by atoms with van der Waals surface area (Å²) >= 11 is 0. The number of pyridine rings is 1. The van der Waals surface area contributed by atoms with Gasteiger partial charge in [0.15, 0.2) is 5.82 Å². The molecule has 0 amide bonds. The lowest BCUT2D eigenvalue weighted by atomic mass is 10.00. The first-order chi connectivity index (χ1) is 17.6. The van der Waals surface area contributed by atoms with Crippen molar-refractivity contribution in [1.82, 2.24) is 29.8 Å². The third-order valence-corrected chi connectivity index (χ3v) is 6.88. The summed E-state index contributed by atoms with van der Waals surface area (Å²) in [6.07, 6.45) is 6.72. The van der Waals surface area contributed by atoms with Gasteiger partial charge in [0.05, 0.1) is 17.5 Å². The average molecular weight is 487 g/mol. The fourth-order valence-electron chi connectivity index (χ4n) is 5.11. The number of nitrogens with zero attached hydrogens (tertiary/aromatic N) is 6. The van der Waals surface area contributed by atoms with Crippen LogP contribution < -0.4 is 0 Å². The van der Waals surface area contributed by atoms with Crippen molar-refractivity contribution in [3.05, 3.63) is 66.1 Å². The minimum Gasteiger partial charge on any atom is -0.450 e. The van der Waals surface area contributed by atoms with E-state index in [-0.39, 0.29) is 6.10 Å². The van der Waals surface area contributed by atoms with Crippen molar-refractivity contribution >= 4 is 6.16 Å². The van der Waals surface area contributed by atoms with E-state index >= 15 is 0 Å². The van der Waals surface area contributed by atoms with Crippen molar-refractivity contribution in [2.75, 3.05) is 13.1 Å². The van der Waals surface area contributed by atoms with Crippen LogP contribution in [0.25, 0.3) is 28.7 Å². The van der Waals surface area contributed by atoms with Gasteiger partial charge >= 0.3 is 6.16 Å². The topological polar surface area (TPSA) is 119 Å². The highest BCUT2D eigenvalue weighted by atomic mass is 16.7. The molecule has 2 aliphatic rings. The first kappa shape index (κ1) is 22.4. The first-order valence-corrected chi connectivity index (χ1v) is 12.2. The molecule has 4 heterocycles. The molecule has 1 aliphatic heterocycles. The van der Waals surface area contributed by atoms with Crippen molar-refractivity contribution in [3.63, 3.8) is 0 Å². The smallest absolute Gasteiger partial charge is 0.450 e. The van der Waals surface area contributed by atoms with Crippen LogP contribution in [0.4, 0.5) is 4.79 Å². The molecule has 1 N–H and O–H groups in total. The lowest BCUT2D eigenvalue weighted by molar-refractivity contribution is -0.0363. The highest BCUT2D eigenvalue weighted by Gasteiger charge is 2.30. The Balaban J connectivity index is 1.20. The molecule has 1 aliphatic carbocycles. The first-order valence-electron chi connectivity index (χ1n) is 12.2. The zero-order valence-corrected chi connectivity index (χ0v) is 19.7. The number of ether oxygens (including phenoxy) is 1. The van der Waals surface area contributed by atoms with Crippen LogP contribution in [-0.2, 0) is 11.3 Å². The third-order valence-electron chi connectivity index (χ3n) is 6.88. The van der Waals surface area contributed by atoms with Crippen molar-refractivity contribution < 1.29 is 19.2 Å². The van der Waals surface area contributed by atoms with Crippen molar-refractivity contribution in [3.8, 4) is 28.7 Å². The molecular formula is C26H26N6O4. The van der Waals surface area contributed by atoms with Crippen LogP contribution in [0, 0.1) is 0 Å².